The molecule has 5 nitrogen and oxygen atoms in total. The molecule has 0 spiro atoms. The van der Waals surface area contributed by atoms with Gasteiger partial charge in [0.2, 0.25) is 5.88 Å². The van der Waals surface area contributed by atoms with Crippen LogP contribution in [0.4, 0.5) is 0 Å². The summed E-state index contributed by atoms with van der Waals surface area (Å²) in [5, 5.41) is 20.6. The van der Waals surface area contributed by atoms with E-state index < -0.39 is 0 Å². The number of nitrogens with zero attached hydrogens (tertiary/aromatic N) is 3. The Balaban J connectivity index is 1.92. The molecule has 1 aromatic carbocycles. The smallest absolute Gasteiger partial charge is 0.235 e. The van der Waals surface area contributed by atoms with Gasteiger partial charge in [-0.05, 0) is 18.4 Å². The third kappa shape index (κ3) is 2.95. The van der Waals surface area contributed by atoms with E-state index in [1.165, 1.54) is 0 Å². The van der Waals surface area contributed by atoms with Crippen LogP contribution in [0.25, 0.3) is 11.3 Å². The van der Waals surface area contributed by atoms with E-state index in [0.717, 1.165) is 29.8 Å². The van der Waals surface area contributed by atoms with Crippen molar-refractivity contribution in [3.63, 3.8) is 0 Å². The zero-order valence-electron chi connectivity index (χ0n) is 13.2. The molecule has 0 aliphatic carbocycles. The molecule has 120 valence electrons. The molecule has 0 radical (unpaired) electrons. The van der Waals surface area contributed by atoms with Crippen LogP contribution in [0.15, 0.2) is 49.1 Å². The summed E-state index contributed by atoms with van der Waals surface area (Å²) in [6.45, 7) is 3.42. The van der Waals surface area contributed by atoms with Crippen molar-refractivity contribution in [3.05, 3.63) is 54.6 Å². The Labute approximate surface area is 135 Å². The molecule has 0 saturated carbocycles. The van der Waals surface area contributed by atoms with Crippen molar-refractivity contribution < 1.29 is 10.2 Å². The van der Waals surface area contributed by atoms with Gasteiger partial charge in [-0.1, -0.05) is 37.3 Å². The second-order valence-corrected chi connectivity index (χ2v) is 5.52. The summed E-state index contributed by atoms with van der Waals surface area (Å²) in [6, 6.07) is 9.89. The maximum Gasteiger partial charge on any atom is 0.235 e. The summed E-state index contributed by atoms with van der Waals surface area (Å²) < 4.78 is 3.81. The number of hydrogen-bond acceptors (Lipinski definition) is 3. The third-order valence-corrected chi connectivity index (χ3v) is 4.07. The van der Waals surface area contributed by atoms with E-state index in [2.05, 4.69) is 4.98 Å². The van der Waals surface area contributed by atoms with Gasteiger partial charge in [0, 0.05) is 31.0 Å². The van der Waals surface area contributed by atoms with Gasteiger partial charge < -0.3 is 19.3 Å². The highest BCUT2D eigenvalue weighted by Gasteiger charge is 2.21. The molecule has 0 aliphatic rings. The zero-order valence-corrected chi connectivity index (χ0v) is 13.2. The van der Waals surface area contributed by atoms with E-state index in [1.807, 2.05) is 48.0 Å². The highest BCUT2D eigenvalue weighted by atomic mass is 16.3. The van der Waals surface area contributed by atoms with Crippen molar-refractivity contribution in [1.29, 1.82) is 0 Å². The fourth-order valence-electron chi connectivity index (χ4n) is 2.95. The molecule has 0 aliphatic heterocycles. The zero-order chi connectivity index (χ0) is 16.2. The minimum absolute atomic E-state index is 0.00557. The Kier molecular flexibility index (Phi) is 4.37. The summed E-state index contributed by atoms with van der Waals surface area (Å²) in [4.78, 5) is 4.03. The van der Waals surface area contributed by atoms with Crippen molar-refractivity contribution >= 4 is 0 Å². The predicted octanol–water partition coefficient (Wildman–Crippen LogP) is 3.42. The summed E-state index contributed by atoms with van der Waals surface area (Å²) in [5.41, 5.74) is 2.69. The van der Waals surface area contributed by atoms with E-state index in [0.29, 0.717) is 13.0 Å². The predicted molar refractivity (Wildman–Crippen MR) is 89.4 cm³/mol. The largest absolute Gasteiger partial charge is 0.503 e. The Morgan fingerprint density at radius 2 is 1.87 bits per heavy atom. The van der Waals surface area contributed by atoms with Crippen molar-refractivity contribution in [2.45, 2.75) is 32.9 Å². The SMILES string of the molecule is CCc1c(O)c(O)n(CCCn2ccnc2)c1-c1ccccc1. The molecule has 3 aromatic rings. The molecule has 0 saturated heterocycles. The standard InChI is InChI=1S/C18H21N3O2/c1-2-15-16(14-7-4-3-5-8-14)21(18(23)17(15)22)11-6-10-20-12-9-19-13-20/h3-5,7-9,12-13,22-23H,2,6,10-11H2,1H3. The van der Waals surface area contributed by atoms with Gasteiger partial charge in [-0.3, -0.25) is 0 Å². The van der Waals surface area contributed by atoms with Gasteiger partial charge in [-0.15, -0.1) is 0 Å². The van der Waals surface area contributed by atoms with Gasteiger partial charge in [0.25, 0.3) is 0 Å². The fraction of sp³-hybridized carbons (Fsp3) is 0.278. The van der Waals surface area contributed by atoms with Gasteiger partial charge in [0.05, 0.1) is 12.0 Å². The molecule has 0 unspecified atom stereocenters. The van der Waals surface area contributed by atoms with Crippen LogP contribution in [0.5, 0.6) is 11.6 Å². The lowest BCUT2D eigenvalue weighted by atomic mass is 10.1. The molecule has 2 N–H and O–H groups in total. The molecule has 0 atom stereocenters. The van der Waals surface area contributed by atoms with E-state index in [4.69, 9.17) is 0 Å². The lowest BCUT2D eigenvalue weighted by Gasteiger charge is -2.12. The molecule has 0 fully saturated rings. The monoisotopic (exact) mass is 311 g/mol. The normalized spacial score (nSPS) is 11.0. The first-order chi connectivity index (χ1) is 11.2. The van der Waals surface area contributed by atoms with Crippen molar-refractivity contribution in [3.8, 4) is 22.9 Å². The van der Waals surface area contributed by atoms with Gasteiger partial charge in [0.1, 0.15) is 0 Å². The number of aromatic hydroxyl groups is 2. The first kappa shape index (κ1) is 15.2. The highest BCUT2D eigenvalue weighted by Crippen LogP contribution is 2.41. The van der Waals surface area contributed by atoms with Gasteiger partial charge >= 0.3 is 0 Å². The quantitative estimate of drug-likeness (QED) is 0.733. The summed E-state index contributed by atoms with van der Waals surface area (Å²) in [7, 11) is 0. The van der Waals surface area contributed by atoms with E-state index in [-0.39, 0.29) is 11.6 Å². The lowest BCUT2D eigenvalue weighted by molar-refractivity contribution is 0.367. The summed E-state index contributed by atoms with van der Waals surface area (Å²) in [5.74, 6) is -0.0553. The van der Waals surface area contributed by atoms with E-state index >= 15 is 0 Å². The van der Waals surface area contributed by atoms with Crippen molar-refractivity contribution in [2.24, 2.45) is 0 Å². The molecular formula is C18H21N3O2. The Morgan fingerprint density at radius 1 is 1.09 bits per heavy atom. The second kappa shape index (κ2) is 6.60. The number of rotatable bonds is 6. The maximum absolute atomic E-state index is 10.3. The molecule has 0 bridgehead atoms. The number of aromatic nitrogens is 3. The van der Waals surface area contributed by atoms with Crippen molar-refractivity contribution in [1.82, 2.24) is 14.1 Å². The minimum atomic E-state index is -0.0497. The highest BCUT2D eigenvalue weighted by molar-refractivity contribution is 5.70. The fourth-order valence-corrected chi connectivity index (χ4v) is 2.95. The first-order valence-corrected chi connectivity index (χ1v) is 7.86. The average Bonchev–Trinajstić information content (AvgIpc) is 3.17. The van der Waals surface area contributed by atoms with E-state index in [1.54, 1.807) is 17.1 Å². The molecule has 23 heavy (non-hydrogen) atoms. The first-order valence-electron chi connectivity index (χ1n) is 7.86. The lowest BCUT2D eigenvalue weighted by Crippen LogP contribution is -2.04. The van der Waals surface area contributed by atoms with Gasteiger partial charge in [-0.25, -0.2) is 4.98 Å². The van der Waals surface area contributed by atoms with Crippen LogP contribution in [-0.4, -0.2) is 24.3 Å². The van der Waals surface area contributed by atoms with Crippen LogP contribution in [0.1, 0.15) is 18.9 Å². The Bertz CT molecular complexity index is 761. The van der Waals surface area contributed by atoms with Crippen LogP contribution in [0.3, 0.4) is 0 Å². The Hall–Kier alpha value is -2.69. The van der Waals surface area contributed by atoms with Crippen LogP contribution in [0, 0.1) is 0 Å². The van der Waals surface area contributed by atoms with Crippen LogP contribution < -0.4 is 0 Å². The van der Waals surface area contributed by atoms with Crippen LogP contribution in [0.2, 0.25) is 0 Å². The number of imidazole rings is 1. The van der Waals surface area contributed by atoms with Gasteiger partial charge in [-0.2, -0.15) is 0 Å². The molecular weight excluding hydrogens is 290 g/mol. The maximum atomic E-state index is 10.3. The van der Waals surface area contributed by atoms with Gasteiger partial charge in [0.15, 0.2) is 5.75 Å². The molecule has 3 rings (SSSR count). The van der Waals surface area contributed by atoms with E-state index in [9.17, 15) is 10.2 Å². The number of benzene rings is 1. The molecule has 0 amide bonds. The molecule has 2 heterocycles. The molecule has 5 heteroatoms. The topological polar surface area (TPSA) is 63.2 Å². The number of hydrogen-bond donors (Lipinski definition) is 2. The van der Waals surface area contributed by atoms with Crippen LogP contribution >= 0.6 is 0 Å². The Morgan fingerprint density at radius 3 is 2.52 bits per heavy atom. The third-order valence-electron chi connectivity index (χ3n) is 4.07. The summed E-state index contributed by atoms with van der Waals surface area (Å²) >= 11 is 0. The van der Waals surface area contributed by atoms with Crippen LogP contribution in [-0.2, 0) is 19.5 Å². The van der Waals surface area contributed by atoms with Crippen molar-refractivity contribution in [2.75, 3.05) is 0 Å². The average molecular weight is 311 g/mol. The summed E-state index contributed by atoms with van der Waals surface area (Å²) in [6.07, 6.45) is 6.95. The number of aryl methyl sites for hydroxylation is 1. The molecule has 2 aromatic heterocycles. The second-order valence-electron chi connectivity index (χ2n) is 5.52. The minimum Gasteiger partial charge on any atom is -0.503 e.